The number of halogens is 2. The van der Waals surface area contributed by atoms with Gasteiger partial charge in [-0.3, -0.25) is 4.99 Å². The van der Waals surface area contributed by atoms with Crippen LogP contribution in [0.4, 0.5) is 0 Å². The maximum absolute atomic E-state index is 10.3. The van der Waals surface area contributed by atoms with Gasteiger partial charge in [0.2, 0.25) is 0 Å². The molecule has 0 aliphatic heterocycles. The summed E-state index contributed by atoms with van der Waals surface area (Å²) in [6.07, 6.45) is -0.680. The molecule has 1 atom stereocenters. The van der Waals surface area contributed by atoms with Crippen LogP contribution in [0.5, 0.6) is 11.5 Å². The van der Waals surface area contributed by atoms with Crippen LogP contribution in [0.3, 0.4) is 0 Å². The van der Waals surface area contributed by atoms with Gasteiger partial charge in [0, 0.05) is 36.6 Å². The van der Waals surface area contributed by atoms with Crippen LogP contribution in [0.15, 0.2) is 35.3 Å². The van der Waals surface area contributed by atoms with Crippen molar-refractivity contribution >= 4 is 52.9 Å². The Bertz CT molecular complexity index is 773. The molecule has 28 heavy (non-hydrogen) atoms. The standard InChI is InChI=1S/C19H26ClN3O3S.HI/c1-5-21-19(22-11-15(24)17-8-9-18(20)27-17)23(2)12-13-6-7-14(25-3)10-16(13)26-4;/h6-10,15,24H,5,11-12H2,1-4H3,(H,21,22);1H. The van der Waals surface area contributed by atoms with Crippen LogP contribution in [0.25, 0.3) is 0 Å². The van der Waals surface area contributed by atoms with Crippen LogP contribution >= 0.6 is 46.9 Å². The van der Waals surface area contributed by atoms with Crippen LogP contribution < -0.4 is 14.8 Å². The Morgan fingerprint density at radius 1 is 1.29 bits per heavy atom. The van der Waals surface area contributed by atoms with Gasteiger partial charge in [-0.15, -0.1) is 35.3 Å². The number of guanidine groups is 1. The third kappa shape index (κ3) is 6.98. The molecule has 0 bridgehead atoms. The Kier molecular flexibility index (Phi) is 10.9. The molecule has 2 N–H and O–H groups in total. The molecule has 0 amide bonds. The smallest absolute Gasteiger partial charge is 0.194 e. The van der Waals surface area contributed by atoms with E-state index in [1.165, 1.54) is 11.3 Å². The molecule has 156 valence electrons. The molecule has 0 fully saturated rings. The Morgan fingerprint density at radius 3 is 2.61 bits per heavy atom. The molecule has 0 aliphatic carbocycles. The Hall–Kier alpha value is -1.23. The van der Waals surface area contributed by atoms with Crippen molar-refractivity contribution in [2.45, 2.75) is 19.6 Å². The molecule has 9 heteroatoms. The number of aliphatic hydroxyl groups is 1. The van der Waals surface area contributed by atoms with Crippen molar-refractivity contribution in [2.24, 2.45) is 4.99 Å². The van der Waals surface area contributed by atoms with E-state index in [4.69, 9.17) is 21.1 Å². The number of nitrogens with one attached hydrogen (secondary N) is 1. The number of ether oxygens (including phenoxy) is 2. The molecule has 1 aromatic carbocycles. The molecule has 1 heterocycles. The topological polar surface area (TPSA) is 66.3 Å². The van der Waals surface area contributed by atoms with Crippen LogP contribution in [0.2, 0.25) is 4.34 Å². The fourth-order valence-electron chi connectivity index (χ4n) is 2.55. The number of benzene rings is 1. The maximum atomic E-state index is 10.3. The zero-order valence-corrected chi connectivity index (χ0v) is 20.3. The molecule has 0 saturated heterocycles. The second-order valence-corrected chi connectivity index (χ2v) is 7.63. The highest BCUT2D eigenvalue weighted by atomic mass is 127. The van der Waals surface area contributed by atoms with Gasteiger partial charge in [0.05, 0.1) is 25.1 Å². The van der Waals surface area contributed by atoms with E-state index in [0.717, 1.165) is 28.5 Å². The summed E-state index contributed by atoms with van der Waals surface area (Å²) >= 11 is 7.30. The molecule has 6 nitrogen and oxygen atoms in total. The predicted octanol–water partition coefficient (Wildman–Crippen LogP) is 4.17. The van der Waals surface area contributed by atoms with Crippen molar-refractivity contribution < 1.29 is 14.6 Å². The van der Waals surface area contributed by atoms with E-state index in [2.05, 4.69) is 10.3 Å². The number of hydrogen-bond acceptors (Lipinski definition) is 5. The first-order chi connectivity index (χ1) is 13.0. The van der Waals surface area contributed by atoms with E-state index in [1.807, 2.05) is 43.1 Å². The summed E-state index contributed by atoms with van der Waals surface area (Å²) in [6, 6.07) is 9.34. The summed E-state index contributed by atoms with van der Waals surface area (Å²) in [7, 11) is 5.21. The van der Waals surface area contributed by atoms with Crippen molar-refractivity contribution in [2.75, 3.05) is 34.4 Å². The van der Waals surface area contributed by atoms with Gasteiger partial charge in [-0.05, 0) is 31.2 Å². The fraction of sp³-hybridized carbons (Fsp3) is 0.421. The third-order valence-corrected chi connectivity index (χ3v) is 5.27. The van der Waals surface area contributed by atoms with Gasteiger partial charge < -0.3 is 24.8 Å². The molecule has 0 saturated carbocycles. The van der Waals surface area contributed by atoms with Crippen LogP contribution in [-0.4, -0.2) is 50.3 Å². The normalized spacial score (nSPS) is 12.1. The summed E-state index contributed by atoms with van der Waals surface area (Å²) in [5.74, 6) is 2.21. The summed E-state index contributed by atoms with van der Waals surface area (Å²) in [4.78, 5) is 7.36. The lowest BCUT2D eigenvalue weighted by Crippen LogP contribution is -2.38. The summed E-state index contributed by atoms with van der Waals surface area (Å²) in [6.45, 7) is 3.58. The number of methoxy groups -OCH3 is 2. The number of aliphatic hydroxyl groups excluding tert-OH is 1. The molecule has 1 aromatic heterocycles. The number of rotatable bonds is 8. The second-order valence-electron chi connectivity index (χ2n) is 5.89. The molecular formula is C19H27ClIN3O3S. The van der Waals surface area contributed by atoms with E-state index >= 15 is 0 Å². The monoisotopic (exact) mass is 539 g/mol. The number of hydrogen-bond donors (Lipinski definition) is 2. The zero-order chi connectivity index (χ0) is 19.8. The zero-order valence-electron chi connectivity index (χ0n) is 16.4. The summed E-state index contributed by atoms with van der Waals surface area (Å²) < 4.78 is 11.4. The quantitative estimate of drug-likeness (QED) is 0.300. The summed E-state index contributed by atoms with van der Waals surface area (Å²) in [5.41, 5.74) is 1.01. The highest BCUT2D eigenvalue weighted by molar-refractivity contribution is 14.0. The summed E-state index contributed by atoms with van der Waals surface area (Å²) in [5, 5.41) is 13.6. The number of thiophene rings is 1. The van der Waals surface area contributed by atoms with E-state index in [-0.39, 0.29) is 30.5 Å². The van der Waals surface area contributed by atoms with Gasteiger partial charge in [-0.2, -0.15) is 0 Å². The van der Waals surface area contributed by atoms with Gasteiger partial charge in [-0.1, -0.05) is 11.6 Å². The lowest BCUT2D eigenvalue weighted by Gasteiger charge is -2.23. The average Bonchev–Trinajstić information content (AvgIpc) is 3.11. The first-order valence-electron chi connectivity index (χ1n) is 8.62. The SMILES string of the molecule is CCNC(=NCC(O)c1ccc(Cl)s1)N(C)Cc1ccc(OC)cc1OC.I. The average molecular weight is 540 g/mol. The molecule has 1 unspecified atom stereocenters. The minimum absolute atomic E-state index is 0. The van der Waals surface area contributed by atoms with Gasteiger partial charge >= 0.3 is 0 Å². The van der Waals surface area contributed by atoms with Crippen molar-refractivity contribution in [1.29, 1.82) is 0 Å². The van der Waals surface area contributed by atoms with E-state index in [1.54, 1.807) is 20.3 Å². The van der Waals surface area contributed by atoms with Gasteiger partial charge in [0.1, 0.15) is 17.6 Å². The van der Waals surface area contributed by atoms with Crippen molar-refractivity contribution in [3.63, 3.8) is 0 Å². The minimum Gasteiger partial charge on any atom is -0.497 e. The van der Waals surface area contributed by atoms with E-state index in [0.29, 0.717) is 16.8 Å². The fourth-order valence-corrected chi connectivity index (χ4v) is 3.59. The third-order valence-electron chi connectivity index (χ3n) is 3.93. The second kappa shape index (κ2) is 12.4. The Labute approximate surface area is 192 Å². The van der Waals surface area contributed by atoms with Crippen LogP contribution in [0.1, 0.15) is 23.5 Å². The molecule has 0 spiro atoms. The van der Waals surface area contributed by atoms with Gasteiger partial charge in [0.15, 0.2) is 5.96 Å². The van der Waals surface area contributed by atoms with Crippen molar-refractivity contribution in [3.05, 3.63) is 45.1 Å². The largest absolute Gasteiger partial charge is 0.497 e. The van der Waals surface area contributed by atoms with Crippen molar-refractivity contribution in [3.8, 4) is 11.5 Å². The number of nitrogens with zero attached hydrogens (tertiary/aromatic N) is 2. The van der Waals surface area contributed by atoms with Gasteiger partial charge in [-0.25, -0.2) is 0 Å². The van der Waals surface area contributed by atoms with E-state index in [9.17, 15) is 5.11 Å². The number of aliphatic imine (C=N–C) groups is 1. The molecule has 0 aliphatic rings. The lowest BCUT2D eigenvalue weighted by molar-refractivity contribution is 0.190. The maximum Gasteiger partial charge on any atom is 0.194 e. The van der Waals surface area contributed by atoms with Crippen molar-refractivity contribution in [1.82, 2.24) is 10.2 Å². The molecule has 2 aromatic rings. The molecule has 2 rings (SSSR count). The van der Waals surface area contributed by atoms with E-state index < -0.39 is 6.10 Å². The lowest BCUT2D eigenvalue weighted by atomic mass is 10.2. The highest BCUT2D eigenvalue weighted by Crippen LogP contribution is 2.27. The molecule has 0 radical (unpaired) electrons. The van der Waals surface area contributed by atoms with Crippen LogP contribution in [0, 0.1) is 0 Å². The minimum atomic E-state index is -0.680. The van der Waals surface area contributed by atoms with Gasteiger partial charge in [0.25, 0.3) is 0 Å². The Balaban J connectivity index is 0.00000392. The Morgan fingerprint density at radius 2 is 2.04 bits per heavy atom. The molecular weight excluding hydrogens is 513 g/mol. The van der Waals surface area contributed by atoms with Crippen LogP contribution in [-0.2, 0) is 6.54 Å². The first kappa shape index (κ1) is 24.8. The highest BCUT2D eigenvalue weighted by Gasteiger charge is 2.14. The predicted molar refractivity (Wildman–Crippen MR) is 127 cm³/mol. The first-order valence-corrected chi connectivity index (χ1v) is 9.81.